The first-order valence-electron chi connectivity index (χ1n) is 8.03. The lowest BCUT2D eigenvalue weighted by molar-refractivity contribution is -0.384. The molecule has 2 heterocycles. The fourth-order valence-electron chi connectivity index (χ4n) is 2.80. The highest BCUT2D eigenvalue weighted by Gasteiger charge is 2.15. The van der Waals surface area contributed by atoms with Gasteiger partial charge in [0.25, 0.3) is 5.69 Å². The van der Waals surface area contributed by atoms with Gasteiger partial charge in [-0.1, -0.05) is 18.2 Å². The van der Waals surface area contributed by atoms with Crippen molar-refractivity contribution in [3.8, 4) is 11.1 Å². The Morgan fingerprint density at radius 3 is 2.67 bits per heavy atom. The van der Waals surface area contributed by atoms with Crippen molar-refractivity contribution in [2.24, 2.45) is 0 Å². The third-order valence-electron chi connectivity index (χ3n) is 4.21. The van der Waals surface area contributed by atoms with E-state index in [4.69, 9.17) is 0 Å². The molecule has 2 aromatic heterocycles. The molecule has 1 N–H and O–H groups in total. The van der Waals surface area contributed by atoms with Crippen LogP contribution in [0.4, 0.5) is 21.6 Å². The summed E-state index contributed by atoms with van der Waals surface area (Å²) in [6.07, 6.45) is 1.45. The number of rotatable bonds is 4. The molecule has 4 aromatic rings. The van der Waals surface area contributed by atoms with Gasteiger partial charge in [-0.15, -0.1) is 11.3 Å². The first-order chi connectivity index (χ1) is 13.0. The van der Waals surface area contributed by atoms with Gasteiger partial charge in [-0.2, -0.15) is 0 Å². The van der Waals surface area contributed by atoms with Crippen molar-refractivity contribution < 1.29 is 9.31 Å². The van der Waals surface area contributed by atoms with E-state index in [1.807, 2.05) is 12.3 Å². The summed E-state index contributed by atoms with van der Waals surface area (Å²) in [6, 6.07) is 10.8. The monoisotopic (exact) mass is 380 g/mol. The molecule has 27 heavy (non-hydrogen) atoms. The van der Waals surface area contributed by atoms with Gasteiger partial charge in [0.15, 0.2) is 0 Å². The van der Waals surface area contributed by atoms with Crippen LogP contribution in [0.2, 0.25) is 0 Å². The summed E-state index contributed by atoms with van der Waals surface area (Å²) in [5, 5.41) is 17.0. The van der Waals surface area contributed by atoms with Crippen LogP contribution in [0.3, 0.4) is 0 Å². The zero-order valence-electron chi connectivity index (χ0n) is 14.1. The number of nitro groups is 1. The lowest BCUT2D eigenvalue weighted by Gasteiger charge is -2.11. The van der Waals surface area contributed by atoms with Crippen LogP contribution in [-0.2, 0) is 0 Å². The van der Waals surface area contributed by atoms with Crippen molar-refractivity contribution in [2.45, 2.75) is 6.92 Å². The summed E-state index contributed by atoms with van der Waals surface area (Å²) in [6.45, 7) is 1.86. The maximum atomic E-state index is 13.3. The van der Waals surface area contributed by atoms with E-state index in [-0.39, 0.29) is 11.5 Å². The summed E-state index contributed by atoms with van der Waals surface area (Å²) < 4.78 is 13.3. The Labute approximate surface area is 157 Å². The zero-order valence-corrected chi connectivity index (χ0v) is 15.0. The zero-order chi connectivity index (χ0) is 19.0. The van der Waals surface area contributed by atoms with Gasteiger partial charge in [-0.05, 0) is 30.2 Å². The molecule has 0 aliphatic rings. The van der Waals surface area contributed by atoms with Crippen LogP contribution in [0.5, 0.6) is 0 Å². The summed E-state index contributed by atoms with van der Waals surface area (Å²) in [5.74, 6) is 0.240. The molecule has 0 saturated carbocycles. The van der Waals surface area contributed by atoms with E-state index in [0.717, 1.165) is 26.9 Å². The third kappa shape index (κ3) is 3.22. The van der Waals surface area contributed by atoms with E-state index in [1.54, 1.807) is 18.2 Å². The number of fused-ring (bicyclic) bond motifs is 1. The molecule has 8 heteroatoms. The number of non-ortho nitro benzene ring substituents is 1. The second kappa shape index (κ2) is 6.73. The van der Waals surface area contributed by atoms with Crippen molar-refractivity contribution in [2.75, 3.05) is 5.32 Å². The summed E-state index contributed by atoms with van der Waals surface area (Å²) in [7, 11) is 0. The number of aromatic nitrogens is 2. The molecule has 0 bridgehead atoms. The van der Waals surface area contributed by atoms with E-state index in [0.29, 0.717) is 11.5 Å². The van der Waals surface area contributed by atoms with Gasteiger partial charge < -0.3 is 5.32 Å². The van der Waals surface area contributed by atoms with Gasteiger partial charge in [0, 0.05) is 28.8 Å². The quantitative estimate of drug-likeness (QED) is 0.376. The van der Waals surface area contributed by atoms with E-state index in [1.165, 1.54) is 41.9 Å². The van der Waals surface area contributed by atoms with Crippen molar-refractivity contribution in [3.63, 3.8) is 0 Å². The maximum Gasteiger partial charge on any atom is 0.271 e. The maximum absolute atomic E-state index is 13.3. The number of nitrogens with zero attached hydrogens (tertiary/aromatic N) is 3. The third-order valence-corrected chi connectivity index (χ3v) is 5.10. The largest absolute Gasteiger partial charge is 0.339 e. The lowest BCUT2D eigenvalue weighted by Crippen LogP contribution is -1.99. The number of nitro benzene ring substituents is 1. The Balaban J connectivity index is 1.83. The summed E-state index contributed by atoms with van der Waals surface area (Å²) in [4.78, 5) is 20.0. The molecule has 0 unspecified atom stereocenters. The molecule has 2 aromatic carbocycles. The molecule has 0 aliphatic heterocycles. The Kier molecular flexibility index (Phi) is 4.25. The normalized spacial score (nSPS) is 10.9. The summed E-state index contributed by atoms with van der Waals surface area (Å²) >= 11 is 1.46. The molecule has 4 rings (SSSR count). The number of anilines is 2. The molecule has 0 fully saturated rings. The van der Waals surface area contributed by atoms with Gasteiger partial charge in [0.1, 0.15) is 22.8 Å². The van der Waals surface area contributed by atoms with Crippen molar-refractivity contribution in [1.29, 1.82) is 0 Å². The van der Waals surface area contributed by atoms with Gasteiger partial charge in [0.2, 0.25) is 0 Å². The van der Waals surface area contributed by atoms with Gasteiger partial charge >= 0.3 is 0 Å². The van der Waals surface area contributed by atoms with Crippen LogP contribution in [0.1, 0.15) is 5.56 Å². The predicted molar refractivity (Wildman–Crippen MR) is 104 cm³/mol. The second-order valence-electron chi connectivity index (χ2n) is 5.94. The fourth-order valence-corrected chi connectivity index (χ4v) is 3.71. The number of halogens is 1. The van der Waals surface area contributed by atoms with Crippen LogP contribution in [0, 0.1) is 22.9 Å². The molecule has 0 aliphatic carbocycles. The summed E-state index contributed by atoms with van der Waals surface area (Å²) in [5.41, 5.74) is 3.17. The topological polar surface area (TPSA) is 81.0 Å². The first-order valence-corrected chi connectivity index (χ1v) is 8.91. The minimum Gasteiger partial charge on any atom is -0.339 e. The fraction of sp³-hybridized carbons (Fsp3) is 0.0526. The second-order valence-corrected chi connectivity index (χ2v) is 6.80. The Bertz CT molecular complexity index is 1160. The minimum absolute atomic E-state index is 0.00234. The SMILES string of the molecule is Cc1ccc([N+](=O)[O-])cc1Nc1ncnc2scc(-c3ccc(F)cc3)c12. The van der Waals surface area contributed by atoms with Crippen LogP contribution in [0.15, 0.2) is 54.2 Å². The lowest BCUT2D eigenvalue weighted by atomic mass is 10.1. The highest BCUT2D eigenvalue weighted by atomic mass is 32.1. The molecular weight excluding hydrogens is 367 g/mol. The van der Waals surface area contributed by atoms with Gasteiger partial charge in [-0.25, -0.2) is 14.4 Å². The van der Waals surface area contributed by atoms with E-state index >= 15 is 0 Å². The molecule has 134 valence electrons. The van der Waals surface area contributed by atoms with Gasteiger partial charge in [-0.3, -0.25) is 10.1 Å². The number of aryl methyl sites for hydroxylation is 1. The molecular formula is C19H13FN4O2S. The highest BCUT2D eigenvalue weighted by molar-refractivity contribution is 7.17. The standard InChI is InChI=1S/C19H13FN4O2S/c1-11-2-7-14(24(25)26)8-16(11)23-18-17-15(9-27-19(17)22-10-21-18)12-3-5-13(20)6-4-12/h2-10H,1H3,(H,21,22,23). The number of nitrogens with one attached hydrogen (secondary N) is 1. The van der Waals surface area contributed by atoms with Gasteiger partial charge in [0.05, 0.1) is 10.3 Å². The number of hydrogen-bond acceptors (Lipinski definition) is 6. The molecule has 6 nitrogen and oxygen atoms in total. The highest BCUT2D eigenvalue weighted by Crippen LogP contribution is 2.38. The number of thiophene rings is 1. The molecule has 0 atom stereocenters. The molecule has 0 amide bonds. The minimum atomic E-state index is -0.436. The van der Waals surface area contributed by atoms with Crippen molar-refractivity contribution in [1.82, 2.24) is 9.97 Å². The smallest absolute Gasteiger partial charge is 0.271 e. The molecule has 0 saturated heterocycles. The van der Waals surface area contributed by atoms with Crippen LogP contribution in [0.25, 0.3) is 21.3 Å². The Morgan fingerprint density at radius 1 is 1.15 bits per heavy atom. The molecule has 0 radical (unpaired) electrons. The number of hydrogen-bond donors (Lipinski definition) is 1. The predicted octanol–water partition coefficient (Wildman–Crippen LogP) is 5.46. The van der Waals surface area contributed by atoms with Crippen LogP contribution >= 0.6 is 11.3 Å². The number of benzene rings is 2. The Hall–Kier alpha value is -3.39. The average Bonchev–Trinajstić information content (AvgIpc) is 3.09. The van der Waals surface area contributed by atoms with E-state index < -0.39 is 4.92 Å². The first kappa shape index (κ1) is 17.0. The van der Waals surface area contributed by atoms with E-state index in [9.17, 15) is 14.5 Å². The van der Waals surface area contributed by atoms with E-state index in [2.05, 4.69) is 15.3 Å². The Morgan fingerprint density at radius 2 is 1.93 bits per heavy atom. The van der Waals surface area contributed by atoms with Crippen LogP contribution in [-0.4, -0.2) is 14.9 Å². The van der Waals surface area contributed by atoms with Crippen molar-refractivity contribution in [3.05, 3.63) is 75.7 Å². The molecule has 0 spiro atoms. The average molecular weight is 380 g/mol. The van der Waals surface area contributed by atoms with Crippen LogP contribution < -0.4 is 5.32 Å². The van der Waals surface area contributed by atoms with Crippen molar-refractivity contribution >= 4 is 38.7 Å².